The van der Waals surface area contributed by atoms with E-state index in [0.717, 1.165) is 25.3 Å². The number of nitrogens with zero attached hydrogens (tertiary/aromatic N) is 4. The lowest BCUT2D eigenvalue weighted by atomic mass is 10.00. The molecular weight excluding hydrogens is 421 g/mol. The number of morpholine rings is 1. The number of aryl methyl sites for hydroxylation is 1. The Labute approximate surface area is 184 Å². The van der Waals surface area contributed by atoms with Gasteiger partial charge in [0.15, 0.2) is 5.54 Å². The van der Waals surface area contributed by atoms with Crippen LogP contribution in [0.4, 0.5) is 24.9 Å². The molecular formula is C23H27F3N4O2. The Hall–Kier alpha value is -2.55. The zero-order valence-electron chi connectivity index (χ0n) is 18.0. The van der Waals surface area contributed by atoms with Crippen LogP contribution in [0.5, 0.6) is 0 Å². The highest BCUT2D eigenvalue weighted by Gasteiger charge is 2.59. The molecule has 2 fully saturated rings. The van der Waals surface area contributed by atoms with E-state index in [2.05, 4.69) is 4.98 Å². The minimum atomic E-state index is -4.50. The van der Waals surface area contributed by atoms with E-state index >= 15 is 0 Å². The van der Waals surface area contributed by atoms with Crippen molar-refractivity contribution in [3.05, 3.63) is 52.3 Å². The Morgan fingerprint density at radius 2 is 1.84 bits per heavy atom. The summed E-state index contributed by atoms with van der Waals surface area (Å²) in [5.74, 6) is 0.556. The van der Waals surface area contributed by atoms with Gasteiger partial charge in [0.05, 0.1) is 18.8 Å². The molecule has 3 aliphatic heterocycles. The van der Waals surface area contributed by atoms with Crippen molar-refractivity contribution >= 4 is 11.8 Å². The van der Waals surface area contributed by atoms with Crippen molar-refractivity contribution in [2.24, 2.45) is 0 Å². The Morgan fingerprint density at radius 1 is 1.16 bits per heavy atom. The SMILES string of the molecule is CC1(C(F)(F)F)Cn2c(nc(N3CC4CCC(C3)O4)cc2=O)N1CCCc1ccccc1. The van der Waals surface area contributed by atoms with Gasteiger partial charge in [-0.3, -0.25) is 9.36 Å². The van der Waals surface area contributed by atoms with E-state index in [0.29, 0.717) is 31.7 Å². The van der Waals surface area contributed by atoms with Crippen LogP contribution in [0.15, 0.2) is 41.2 Å². The third kappa shape index (κ3) is 3.66. The fraction of sp³-hybridized carbons (Fsp3) is 0.565. The first kappa shape index (κ1) is 21.3. The lowest BCUT2D eigenvalue weighted by Crippen LogP contribution is -2.56. The molecule has 0 amide bonds. The van der Waals surface area contributed by atoms with Gasteiger partial charge < -0.3 is 14.5 Å². The summed E-state index contributed by atoms with van der Waals surface area (Å²) in [4.78, 5) is 20.8. The third-order valence-corrected chi connectivity index (χ3v) is 6.95. The first-order valence-electron chi connectivity index (χ1n) is 11.2. The van der Waals surface area contributed by atoms with Crippen molar-refractivity contribution in [3.63, 3.8) is 0 Å². The van der Waals surface area contributed by atoms with Gasteiger partial charge >= 0.3 is 6.18 Å². The molecule has 0 saturated carbocycles. The molecule has 172 valence electrons. The molecule has 2 aromatic rings. The number of rotatable bonds is 5. The smallest absolute Gasteiger partial charge is 0.371 e. The molecule has 0 spiro atoms. The highest BCUT2D eigenvalue weighted by Crippen LogP contribution is 2.43. The maximum atomic E-state index is 14.2. The summed E-state index contributed by atoms with van der Waals surface area (Å²) in [6, 6.07) is 11.1. The highest BCUT2D eigenvalue weighted by atomic mass is 19.4. The highest BCUT2D eigenvalue weighted by molar-refractivity contribution is 5.50. The zero-order chi connectivity index (χ0) is 22.5. The minimum absolute atomic E-state index is 0.0916. The third-order valence-electron chi connectivity index (χ3n) is 6.95. The molecule has 9 heteroatoms. The molecule has 1 aromatic heterocycles. The molecule has 32 heavy (non-hydrogen) atoms. The van der Waals surface area contributed by atoms with Gasteiger partial charge in [-0.25, -0.2) is 0 Å². The predicted molar refractivity (Wildman–Crippen MR) is 115 cm³/mol. The average molecular weight is 448 g/mol. The summed E-state index contributed by atoms with van der Waals surface area (Å²) in [5.41, 5.74) is -1.54. The standard InChI is InChI=1S/C23H27F3N4O2/c1-22(23(24,25)26)15-29-20(31)12-19(28-13-17-9-10-18(14-28)32-17)27-21(29)30(22)11-5-8-16-6-3-2-4-7-16/h2-4,6-7,12,17-18H,5,8-11,13-15H2,1H3. The fourth-order valence-corrected chi connectivity index (χ4v) is 5.09. The molecule has 6 nitrogen and oxygen atoms in total. The topological polar surface area (TPSA) is 50.6 Å². The first-order chi connectivity index (χ1) is 15.2. The number of hydrogen-bond acceptors (Lipinski definition) is 5. The molecule has 3 atom stereocenters. The molecule has 0 N–H and O–H groups in total. The van der Waals surface area contributed by atoms with Crippen LogP contribution in [0.1, 0.15) is 31.7 Å². The summed E-state index contributed by atoms with van der Waals surface area (Å²) in [6.07, 6.45) is -1.22. The molecule has 3 unspecified atom stereocenters. The van der Waals surface area contributed by atoms with Crippen molar-refractivity contribution in [1.82, 2.24) is 9.55 Å². The zero-order valence-corrected chi connectivity index (χ0v) is 18.0. The van der Waals surface area contributed by atoms with Crippen molar-refractivity contribution in [2.75, 3.05) is 29.4 Å². The molecule has 5 rings (SSSR count). The molecule has 2 bridgehead atoms. The van der Waals surface area contributed by atoms with Gasteiger partial charge in [0.25, 0.3) is 5.56 Å². The number of aromatic nitrogens is 2. The first-order valence-corrected chi connectivity index (χ1v) is 11.2. The van der Waals surface area contributed by atoms with E-state index in [1.165, 1.54) is 15.5 Å². The monoisotopic (exact) mass is 448 g/mol. The van der Waals surface area contributed by atoms with Gasteiger partial charge in [-0.1, -0.05) is 30.3 Å². The van der Waals surface area contributed by atoms with Gasteiger partial charge in [0.2, 0.25) is 5.95 Å². The summed E-state index contributed by atoms with van der Waals surface area (Å²) < 4.78 is 49.6. The Balaban J connectivity index is 1.45. The van der Waals surface area contributed by atoms with E-state index in [9.17, 15) is 18.0 Å². The van der Waals surface area contributed by atoms with E-state index in [4.69, 9.17) is 4.74 Å². The van der Waals surface area contributed by atoms with E-state index in [-0.39, 0.29) is 24.7 Å². The van der Waals surface area contributed by atoms with Crippen LogP contribution in [0.2, 0.25) is 0 Å². The van der Waals surface area contributed by atoms with E-state index in [1.54, 1.807) is 0 Å². The summed E-state index contributed by atoms with van der Waals surface area (Å²) in [7, 11) is 0. The number of benzene rings is 1. The Kier molecular flexibility index (Phi) is 5.19. The summed E-state index contributed by atoms with van der Waals surface area (Å²) in [5, 5.41) is 0. The minimum Gasteiger partial charge on any atom is -0.371 e. The maximum absolute atomic E-state index is 14.2. The second-order valence-electron chi connectivity index (χ2n) is 9.21. The number of fused-ring (bicyclic) bond motifs is 3. The normalized spacial score (nSPS) is 27.1. The number of anilines is 2. The van der Waals surface area contributed by atoms with Gasteiger partial charge in [0.1, 0.15) is 5.82 Å². The van der Waals surface area contributed by atoms with Crippen LogP contribution in [-0.2, 0) is 17.7 Å². The molecule has 0 aliphatic carbocycles. The molecule has 1 aromatic carbocycles. The van der Waals surface area contributed by atoms with Crippen molar-refractivity contribution in [1.29, 1.82) is 0 Å². The lowest BCUT2D eigenvalue weighted by Gasteiger charge is -2.37. The predicted octanol–water partition coefficient (Wildman–Crippen LogP) is 3.38. The van der Waals surface area contributed by atoms with Crippen LogP contribution in [0.25, 0.3) is 0 Å². The molecule has 4 heterocycles. The second kappa shape index (κ2) is 7.79. The number of hydrogen-bond donors (Lipinski definition) is 0. The van der Waals surface area contributed by atoms with Gasteiger partial charge in [0, 0.05) is 25.7 Å². The van der Waals surface area contributed by atoms with Crippen LogP contribution < -0.4 is 15.4 Å². The molecule has 2 saturated heterocycles. The van der Waals surface area contributed by atoms with Crippen molar-refractivity contribution in [3.8, 4) is 0 Å². The fourth-order valence-electron chi connectivity index (χ4n) is 5.09. The van der Waals surface area contributed by atoms with Crippen LogP contribution in [0.3, 0.4) is 0 Å². The van der Waals surface area contributed by atoms with Gasteiger partial charge in [-0.2, -0.15) is 18.2 Å². The molecule has 0 radical (unpaired) electrons. The van der Waals surface area contributed by atoms with E-state index < -0.39 is 23.8 Å². The Bertz CT molecular complexity index is 1030. The molecule has 3 aliphatic rings. The largest absolute Gasteiger partial charge is 0.413 e. The summed E-state index contributed by atoms with van der Waals surface area (Å²) in [6.45, 7) is 2.10. The van der Waals surface area contributed by atoms with Gasteiger partial charge in [-0.05, 0) is 38.2 Å². The van der Waals surface area contributed by atoms with Gasteiger partial charge in [-0.15, -0.1) is 0 Å². The quantitative estimate of drug-likeness (QED) is 0.702. The number of ether oxygens (including phenoxy) is 1. The second-order valence-corrected chi connectivity index (χ2v) is 9.21. The van der Waals surface area contributed by atoms with Crippen LogP contribution >= 0.6 is 0 Å². The van der Waals surface area contributed by atoms with Crippen molar-refractivity contribution in [2.45, 2.75) is 63.1 Å². The van der Waals surface area contributed by atoms with E-state index in [1.807, 2.05) is 35.2 Å². The van der Waals surface area contributed by atoms with Crippen LogP contribution in [0, 0.1) is 0 Å². The average Bonchev–Trinajstić information content (AvgIpc) is 3.25. The number of halogens is 3. The maximum Gasteiger partial charge on any atom is 0.413 e. The van der Waals surface area contributed by atoms with Crippen LogP contribution in [-0.4, -0.2) is 53.1 Å². The Morgan fingerprint density at radius 3 is 2.50 bits per heavy atom. The number of alkyl halides is 3. The summed E-state index contributed by atoms with van der Waals surface area (Å²) >= 11 is 0. The lowest BCUT2D eigenvalue weighted by molar-refractivity contribution is -0.182. The van der Waals surface area contributed by atoms with Crippen molar-refractivity contribution < 1.29 is 17.9 Å².